The van der Waals surface area contributed by atoms with Crippen LogP contribution in [-0.2, 0) is 16.6 Å². The Kier molecular flexibility index (Phi) is 3.73. The van der Waals surface area contributed by atoms with Gasteiger partial charge in [0.25, 0.3) is 0 Å². The summed E-state index contributed by atoms with van der Waals surface area (Å²) in [6.45, 7) is 1.84. The largest absolute Gasteiger partial charge is 0.398 e. The van der Waals surface area contributed by atoms with E-state index in [-0.39, 0.29) is 5.24 Å². The van der Waals surface area contributed by atoms with E-state index in [1.54, 1.807) is 17.4 Å². The molecular weight excluding hydrogens is 266 g/mol. The molecule has 0 spiro atoms. The molecule has 94 valence electrons. The first kappa shape index (κ1) is 13.1. The van der Waals surface area contributed by atoms with Crippen molar-refractivity contribution in [3.05, 3.63) is 52.2 Å². The Balaban J connectivity index is 2.45. The van der Waals surface area contributed by atoms with Crippen LogP contribution in [0.1, 0.15) is 17.4 Å². The van der Waals surface area contributed by atoms with Gasteiger partial charge in [0.1, 0.15) is 0 Å². The number of carbonyl (C=O) groups is 1. The van der Waals surface area contributed by atoms with Gasteiger partial charge in [-0.1, -0.05) is 24.3 Å². The van der Waals surface area contributed by atoms with Crippen LogP contribution in [-0.4, -0.2) is 5.24 Å². The quantitative estimate of drug-likeness (QED) is 0.686. The van der Waals surface area contributed by atoms with Gasteiger partial charge in [0.05, 0.1) is 5.41 Å². The predicted octanol–water partition coefficient (Wildman–Crippen LogP) is 3.60. The van der Waals surface area contributed by atoms with Gasteiger partial charge >= 0.3 is 0 Å². The summed E-state index contributed by atoms with van der Waals surface area (Å²) in [6, 6.07) is 11.3. The lowest BCUT2D eigenvalue weighted by atomic mass is 9.79. The number of carbonyl (C=O) groups excluding carboxylic acids is 1. The third kappa shape index (κ3) is 2.42. The molecule has 0 saturated heterocycles. The number of hydrogen-bond donors (Lipinski definition) is 1. The lowest BCUT2D eigenvalue weighted by Crippen LogP contribution is -2.32. The molecule has 1 unspecified atom stereocenters. The van der Waals surface area contributed by atoms with Crippen molar-refractivity contribution < 1.29 is 4.79 Å². The van der Waals surface area contributed by atoms with Gasteiger partial charge in [-0.2, -0.15) is 0 Å². The van der Waals surface area contributed by atoms with Gasteiger partial charge < -0.3 is 5.73 Å². The van der Waals surface area contributed by atoms with E-state index < -0.39 is 5.41 Å². The van der Waals surface area contributed by atoms with Gasteiger partial charge in [0.2, 0.25) is 5.24 Å². The van der Waals surface area contributed by atoms with Gasteiger partial charge in [0, 0.05) is 10.6 Å². The van der Waals surface area contributed by atoms with Crippen LogP contribution in [0.4, 0.5) is 5.69 Å². The summed E-state index contributed by atoms with van der Waals surface area (Å²) in [5.41, 5.74) is 6.58. The second-order valence-electron chi connectivity index (χ2n) is 4.45. The molecule has 0 saturated carbocycles. The van der Waals surface area contributed by atoms with E-state index in [0.717, 1.165) is 10.4 Å². The van der Waals surface area contributed by atoms with Gasteiger partial charge in [-0.05, 0) is 48.0 Å². The van der Waals surface area contributed by atoms with Crippen LogP contribution < -0.4 is 5.73 Å². The van der Waals surface area contributed by atoms with E-state index >= 15 is 0 Å². The molecule has 4 heteroatoms. The Hall–Kier alpha value is -1.32. The van der Waals surface area contributed by atoms with Crippen molar-refractivity contribution in [1.29, 1.82) is 0 Å². The van der Waals surface area contributed by atoms with E-state index in [0.29, 0.717) is 12.1 Å². The van der Waals surface area contributed by atoms with E-state index in [9.17, 15) is 4.79 Å². The molecule has 0 aliphatic rings. The third-order valence-electron chi connectivity index (χ3n) is 3.10. The second kappa shape index (κ2) is 5.12. The zero-order valence-electron chi connectivity index (χ0n) is 10.0. The Labute approximate surface area is 115 Å². The lowest BCUT2D eigenvalue weighted by Gasteiger charge is -2.26. The molecule has 1 atom stereocenters. The SMILES string of the molecule is CC(Cc1cccs1)(C(=O)Cl)c1ccccc1N. The Morgan fingerprint density at radius 3 is 2.61 bits per heavy atom. The minimum Gasteiger partial charge on any atom is -0.398 e. The van der Waals surface area contributed by atoms with Crippen molar-refractivity contribution in [2.75, 3.05) is 5.73 Å². The van der Waals surface area contributed by atoms with Gasteiger partial charge in [-0.15, -0.1) is 11.3 Å². The monoisotopic (exact) mass is 279 g/mol. The zero-order valence-corrected chi connectivity index (χ0v) is 11.6. The molecule has 0 amide bonds. The molecule has 2 N–H and O–H groups in total. The number of thiophene rings is 1. The van der Waals surface area contributed by atoms with Gasteiger partial charge in [-0.25, -0.2) is 0 Å². The summed E-state index contributed by atoms with van der Waals surface area (Å²) < 4.78 is 0. The van der Waals surface area contributed by atoms with E-state index in [4.69, 9.17) is 17.3 Å². The van der Waals surface area contributed by atoms with E-state index in [2.05, 4.69) is 0 Å². The molecule has 1 heterocycles. The van der Waals surface area contributed by atoms with Crippen LogP contribution in [0.2, 0.25) is 0 Å². The van der Waals surface area contributed by atoms with Crippen molar-refractivity contribution in [2.45, 2.75) is 18.8 Å². The van der Waals surface area contributed by atoms with Crippen LogP contribution in [0, 0.1) is 0 Å². The Morgan fingerprint density at radius 2 is 2.06 bits per heavy atom. The van der Waals surface area contributed by atoms with E-state index in [1.807, 2.05) is 42.6 Å². The molecule has 0 fully saturated rings. The highest BCUT2D eigenvalue weighted by Crippen LogP contribution is 2.35. The fourth-order valence-electron chi connectivity index (χ4n) is 2.03. The average Bonchev–Trinajstić information content (AvgIpc) is 2.81. The molecule has 1 aromatic heterocycles. The molecule has 2 rings (SSSR count). The highest BCUT2D eigenvalue weighted by molar-refractivity contribution is 7.09. The summed E-state index contributed by atoms with van der Waals surface area (Å²) >= 11 is 7.43. The topological polar surface area (TPSA) is 43.1 Å². The highest BCUT2D eigenvalue weighted by Gasteiger charge is 2.35. The number of halogens is 1. The van der Waals surface area contributed by atoms with E-state index in [1.165, 1.54) is 0 Å². The molecule has 0 bridgehead atoms. The number of benzene rings is 1. The molecule has 2 nitrogen and oxygen atoms in total. The molecular formula is C14H14ClNOS. The van der Waals surface area contributed by atoms with Crippen molar-refractivity contribution in [3.8, 4) is 0 Å². The van der Waals surface area contributed by atoms with Crippen LogP contribution in [0.25, 0.3) is 0 Å². The predicted molar refractivity (Wildman–Crippen MR) is 77.1 cm³/mol. The first-order chi connectivity index (χ1) is 8.54. The first-order valence-corrected chi connectivity index (χ1v) is 6.87. The summed E-state index contributed by atoms with van der Waals surface area (Å²) in [5, 5.41) is 1.61. The fourth-order valence-corrected chi connectivity index (χ4v) is 3.06. The number of para-hydroxylation sites is 1. The average molecular weight is 280 g/mol. The summed E-state index contributed by atoms with van der Waals surface area (Å²) in [6.07, 6.45) is 0.571. The maximum Gasteiger partial charge on any atom is 0.232 e. The number of nitrogen functional groups attached to an aromatic ring is 1. The van der Waals surface area contributed by atoms with Crippen LogP contribution in [0.15, 0.2) is 41.8 Å². The highest BCUT2D eigenvalue weighted by atomic mass is 35.5. The number of anilines is 1. The van der Waals surface area contributed by atoms with Gasteiger partial charge in [-0.3, -0.25) is 4.79 Å². The van der Waals surface area contributed by atoms with Crippen LogP contribution >= 0.6 is 22.9 Å². The minimum atomic E-state index is -0.780. The Bertz CT molecular complexity index is 553. The van der Waals surface area contributed by atoms with Crippen molar-refractivity contribution in [1.82, 2.24) is 0 Å². The van der Waals surface area contributed by atoms with Crippen LogP contribution in [0.5, 0.6) is 0 Å². The maximum atomic E-state index is 11.9. The first-order valence-electron chi connectivity index (χ1n) is 5.61. The van der Waals surface area contributed by atoms with Crippen molar-refractivity contribution in [3.63, 3.8) is 0 Å². The summed E-state index contributed by atoms with van der Waals surface area (Å²) in [7, 11) is 0. The van der Waals surface area contributed by atoms with Crippen LogP contribution in [0.3, 0.4) is 0 Å². The van der Waals surface area contributed by atoms with Crippen molar-refractivity contribution >= 4 is 33.9 Å². The van der Waals surface area contributed by atoms with Crippen molar-refractivity contribution in [2.24, 2.45) is 0 Å². The zero-order chi connectivity index (χ0) is 13.2. The number of nitrogens with two attached hydrogens (primary N) is 1. The molecule has 1 aromatic carbocycles. The summed E-state index contributed by atoms with van der Waals surface area (Å²) in [4.78, 5) is 13.0. The molecule has 2 aromatic rings. The maximum absolute atomic E-state index is 11.9. The lowest BCUT2D eigenvalue weighted by molar-refractivity contribution is -0.116. The number of rotatable bonds is 4. The standard InChI is InChI=1S/C14H14ClNOS/c1-14(13(15)17,9-10-5-4-8-18-10)11-6-2-3-7-12(11)16/h2-8H,9,16H2,1H3. The number of hydrogen-bond acceptors (Lipinski definition) is 3. The molecule has 0 aliphatic heterocycles. The smallest absolute Gasteiger partial charge is 0.232 e. The molecule has 18 heavy (non-hydrogen) atoms. The molecule has 0 aliphatic carbocycles. The normalized spacial score (nSPS) is 14.1. The third-order valence-corrected chi connectivity index (χ3v) is 4.39. The fraction of sp³-hybridized carbons (Fsp3) is 0.214. The minimum absolute atomic E-state index is 0.381. The second-order valence-corrected chi connectivity index (χ2v) is 5.82. The molecule has 0 radical (unpaired) electrons. The Morgan fingerprint density at radius 1 is 1.33 bits per heavy atom. The van der Waals surface area contributed by atoms with Gasteiger partial charge in [0.15, 0.2) is 0 Å². The summed E-state index contributed by atoms with van der Waals surface area (Å²) in [5.74, 6) is 0.